The lowest BCUT2D eigenvalue weighted by molar-refractivity contribution is 0.436. The van der Waals surface area contributed by atoms with Crippen LogP contribution in [0.2, 0.25) is 0 Å². The van der Waals surface area contributed by atoms with Crippen LogP contribution in [0.1, 0.15) is 50.7 Å². The Labute approximate surface area is 127 Å². The molecule has 2 heteroatoms. The minimum atomic E-state index is 0.0823. The van der Waals surface area contributed by atoms with Crippen molar-refractivity contribution in [1.29, 1.82) is 0 Å². The van der Waals surface area contributed by atoms with Gasteiger partial charge in [0, 0.05) is 16.8 Å². The van der Waals surface area contributed by atoms with Crippen LogP contribution in [0, 0.1) is 0 Å². The predicted molar refractivity (Wildman–Crippen MR) is 91.3 cm³/mol. The van der Waals surface area contributed by atoms with E-state index in [-0.39, 0.29) is 5.41 Å². The van der Waals surface area contributed by atoms with Crippen molar-refractivity contribution < 1.29 is 0 Å². The summed E-state index contributed by atoms with van der Waals surface area (Å²) in [5.41, 5.74) is 19.4. The molecule has 0 radical (unpaired) electrons. The summed E-state index contributed by atoms with van der Waals surface area (Å²) in [6, 6.07) is 12.7. The lowest BCUT2D eigenvalue weighted by Gasteiger charge is -2.32. The average Bonchev–Trinajstić information content (AvgIpc) is 2.70. The molecule has 3 rings (SSSR count). The molecule has 0 amide bonds. The molecule has 21 heavy (non-hydrogen) atoms. The Morgan fingerprint density at radius 1 is 0.762 bits per heavy atom. The third-order valence-electron chi connectivity index (χ3n) is 4.76. The topological polar surface area (TPSA) is 52.0 Å². The van der Waals surface area contributed by atoms with E-state index in [0.29, 0.717) is 0 Å². The summed E-state index contributed by atoms with van der Waals surface area (Å²) >= 11 is 0. The van der Waals surface area contributed by atoms with Crippen molar-refractivity contribution in [3.63, 3.8) is 0 Å². The largest absolute Gasteiger partial charge is 0.399 e. The summed E-state index contributed by atoms with van der Waals surface area (Å²) < 4.78 is 0. The van der Waals surface area contributed by atoms with Crippen LogP contribution in [0.25, 0.3) is 11.1 Å². The Hall–Kier alpha value is -1.96. The van der Waals surface area contributed by atoms with Crippen LogP contribution in [-0.2, 0) is 5.41 Å². The number of rotatable bonds is 4. The second-order valence-electron chi connectivity index (χ2n) is 6.19. The zero-order valence-corrected chi connectivity index (χ0v) is 12.9. The molecule has 2 nitrogen and oxygen atoms in total. The Kier molecular flexibility index (Phi) is 3.40. The van der Waals surface area contributed by atoms with E-state index < -0.39 is 0 Å². The second-order valence-corrected chi connectivity index (χ2v) is 6.19. The van der Waals surface area contributed by atoms with E-state index >= 15 is 0 Å². The van der Waals surface area contributed by atoms with Crippen LogP contribution < -0.4 is 11.5 Å². The maximum atomic E-state index is 6.08. The predicted octanol–water partition coefficient (Wildman–Crippen LogP) is 4.72. The van der Waals surface area contributed by atoms with E-state index in [1.54, 1.807) is 0 Å². The number of benzene rings is 2. The van der Waals surface area contributed by atoms with Crippen LogP contribution in [0.4, 0.5) is 11.4 Å². The van der Waals surface area contributed by atoms with E-state index in [1.165, 1.54) is 22.3 Å². The van der Waals surface area contributed by atoms with Gasteiger partial charge in [0.05, 0.1) is 0 Å². The van der Waals surface area contributed by atoms with E-state index in [0.717, 1.165) is 37.1 Å². The van der Waals surface area contributed by atoms with Gasteiger partial charge in [-0.25, -0.2) is 0 Å². The standard InChI is InChI=1S/C19H24N2/c1-3-9-19(10-4-2)17-11-13(20)5-7-15(17)16-8-6-14(21)12-18(16)19/h5-8,11-12H,3-4,9-10,20-21H2,1-2H3. The van der Waals surface area contributed by atoms with Crippen LogP contribution in [0.3, 0.4) is 0 Å². The van der Waals surface area contributed by atoms with Gasteiger partial charge in [-0.1, -0.05) is 38.8 Å². The van der Waals surface area contributed by atoms with Gasteiger partial charge >= 0.3 is 0 Å². The Morgan fingerprint density at radius 2 is 1.19 bits per heavy atom. The number of fused-ring (bicyclic) bond motifs is 3. The zero-order chi connectivity index (χ0) is 15.0. The summed E-state index contributed by atoms with van der Waals surface area (Å²) in [6.07, 6.45) is 4.60. The molecule has 0 aromatic heterocycles. The van der Waals surface area contributed by atoms with Gasteiger partial charge in [0.2, 0.25) is 0 Å². The highest BCUT2D eigenvalue weighted by atomic mass is 14.6. The van der Waals surface area contributed by atoms with E-state index in [2.05, 4.69) is 38.1 Å². The fourth-order valence-corrected chi connectivity index (χ4v) is 4.05. The molecule has 4 N–H and O–H groups in total. The molecule has 0 spiro atoms. The maximum absolute atomic E-state index is 6.08. The molecule has 110 valence electrons. The Balaban J connectivity index is 2.32. The molecule has 0 fully saturated rings. The van der Waals surface area contributed by atoms with Crippen LogP contribution >= 0.6 is 0 Å². The quantitative estimate of drug-likeness (QED) is 0.796. The van der Waals surface area contributed by atoms with Crippen molar-refractivity contribution in [1.82, 2.24) is 0 Å². The van der Waals surface area contributed by atoms with Gasteiger partial charge in [-0.2, -0.15) is 0 Å². The number of hydrogen-bond acceptors (Lipinski definition) is 2. The van der Waals surface area contributed by atoms with E-state index in [9.17, 15) is 0 Å². The van der Waals surface area contributed by atoms with E-state index in [4.69, 9.17) is 11.5 Å². The fourth-order valence-electron chi connectivity index (χ4n) is 4.05. The molecule has 0 bridgehead atoms. The highest BCUT2D eigenvalue weighted by molar-refractivity contribution is 5.83. The van der Waals surface area contributed by atoms with Crippen molar-refractivity contribution in [2.24, 2.45) is 0 Å². The molecule has 1 aliphatic rings. The van der Waals surface area contributed by atoms with Crippen molar-refractivity contribution in [3.8, 4) is 11.1 Å². The fraction of sp³-hybridized carbons (Fsp3) is 0.368. The number of hydrogen-bond donors (Lipinski definition) is 2. The molecule has 1 aliphatic carbocycles. The highest BCUT2D eigenvalue weighted by Gasteiger charge is 2.41. The first-order chi connectivity index (χ1) is 10.1. The molecule has 0 saturated carbocycles. The normalized spacial score (nSPS) is 14.8. The lowest BCUT2D eigenvalue weighted by atomic mass is 9.71. The SMILES string of the molecule is CCCC1(CCC)c2cc(N)ccc2-c2ccc(N)cc21. The van der Waals surface area contributed by atoms with Gasteiger partial charge in [0.25, 0.3) is 0 Å². The summed E-state index contributed by atoms with van der Waals surface area (Å²) in [4.78, 5) is 0. The minimum Gasteiger partial charge on any atom is -0.399 e. The molecule has 0 atom stereocenters. The van der Waals surface area contributed by atoms with Crippen LogP contribution in [0.5, 0.6) is 0 Å². The van der Waals surface area contributed by atoms with E-state index in [1.807, 2.05) is 12.1 Å². The van der Waals surface area contributed by atoms with Gasteiger partial charge in [-0.05, 0) is 59.4 Å². The van der Waals surface area contributed by atoms with Gasteiger partial charge in [-0.3, -0.25) is 0 Å². The first kappa shape index (κ1) is 14.0. The third-order valence-corrected chi connectivity index (χ3v) is 4.76. The van der Waals surface area contributed by atoms with Gasteiger partial charge < -0.3 is 11.5 Å². The zero-order valence-electron chi connectivity index (χ0n) is 12.9. The maximum Gasteiger partial charge on any atom is 0.0317 e. The first-order valence-electron chi connectivity index (χ1n) is 7.92. The van der Waals surface area contributed by atoms with Crippen LogP contribution in [0.15, 0.2) is 36.4 Å². The van der Waals surface area contributed by atoms with Crippen molar-refractivity contribution >= 4 is 11.4 Å². The van der Waals surface area contributed by atoms with Gasteiger partial charge in [0.1, 0.15) is 0 Å². The van der Waals surface area contributed by atoms with Crippen molar-refractivity contribution in [3.05, 3.63) is 47.5 Å². The summed E-state index contributed by atoms with van der Waals surface area (Å²) in [6.45, 7) is 4.52. The van der Waals surface area contributed by atoms with Crippen LogP contribution in [-0.4, -0.2) is 0 Å². The Morgan fingerprint density at radius 3 is 1.57 bits per heavy atom. The smallest absolute Gasteiger partial charge is 0.0317 e. The molecule has 0 heterocycles. The lowest BCUT2D eigenvalue weighted by Crippen LogP contribution is -2.25. The Bertz CT molecular complexity index is 614. The molecule has 0 saturated heterocycles. The highest BCUT2D eigenvalue weighted by Crippen LogP contribution is 2.54. The second kappa shape index (κ2) is 5.10. The summed E-state index contributed by atoms with van der Waals surface area (Å²) in [7, 11) is 0. The third kappa shape index (κ3) is 2.01. The molecule has 0 unspecified atom stereocenters. The number of nitrogen functional groups attached to an aromatic ring is 2. The minimum absolute atomic E-state index is 0.0823. The molecule has 0 aliphatic heterocycles. The molecular formula is C19H24N2. The molecular weight excluding hydrogens is 256 g/mol. The number of nitrogens with two attached hydrogens (primary N) is 2. The summed E-state index contributed by atoms with van der Waals surface area (Å²) in [5, 5.41) is 0. The molecule has 2 aromatic carbocycles. The van der Waals surface area contributed by atoms with Crippen molar-refractivity contribution in [2.75, 3.05) is 11.5 Å². The summed E-state index contributed by atoms with van der Waals surface area (Å²) in [5.74, 6) is 0. The van der Waals surface area contributed by atoms with Crippen molar-refractivity contribution in [2.45, 2.75) is 44.9 Å². The number of anilines is 2. The monoisotopic (exact) mass is 280 g/mol. The average molecular weight is 280 g/mol. The molecule has 2 aromatic rings. The van der Waals surface area contributed by atoms with Gasteiger partial charge in [-0.15, -0.1) is 0 Å². The first-order valence-corrected chi connectivity index (χ1v) is 7.92. The van der Waals surface area contributed by atoms with Gasteiger partial charge in [0.15, 0.2) is 0 Å².